The Morgan fingerprint density at radius 2 is 2.00 bits per heavy atom. The first-order valence-electron chi connectivity index (χ1n) is 7.95. The molecule has 0 saturated carbocycles. The summed E-state index contributed by atoms with van der Waals surface area (Å²) in [5.41, 5.74) is 5.18. The van der Waals surface area contributed by atoms with Crippen molar-refractivity contribution in [3.8, 4) is 0 Å². The molecular weight excluding hydrogens is 258 g/mol. The van der Waals surface area contributed by atoms with Crippen molar-refractivity contribution in [3.05, 3.63) is 53.9 Å². The number of nitrogens with one attached hydrogen (secondary N) is 1. The van der Waals surface area contributed by atoms with E-state index in [9.17, 15) is 0 Å². The fraction of sp³-hybridized carbons (Fsp3) is 0.389. The third-order valence-corrected chi connectivity index (χ3v) is 4.62. The molecule has 1 atom stereocenters. The number of aromatic nitrogens is 1. The summed E-state index contributed by atoms with van der Waals surface area (Å²) in [6, 6.07) is 13.4. The van der Waals surface area contributed by atoms with Crippen molar-refractivity contribution in [1.82, 2.24) is 4.98 Å². The average molecular weight is 279 g/mol. The minimum atomic E-state index is 0.357. The van der Waals surface area contributed by atoms with Crippen molar-refractivity contribution in [2.45, 2.75) is 31.7 Å². The lowest BCUT2D eigenvalue weighted by Gasteiger charge is -2.20. The van der Waals surface area contributed by atoms with Gasteiger partial charge in [-0.2, -0.15) is 0 Å². The first-order chi connectivity index (χ1) is 10.4. The molecule has 1 aliphatic carbocycles. The Kier molecular flexibility index (Phi) is 3.26. The van der Waals surface area contributed by atoms with E-state index in [2.05, 4.69) is 45.5 Å². The van der Waals surface area contributed by atoms with Crippen LogP contribution in [0.1, 0.15) is 36.6 Å². The number of hydrogen-bond acceptors (Lipinski definition) is 3. The predicted molar refractivity (Wildman–Crippen MR) is 86.8 cm³/mol. The molecule has 0 spiro atoms. The van der Waals surface area contributed by atoms with Crippen molar-refractivity contribution < 1.29 is 0 Å². The summed E-state index contributed by atoms with van der Waals surface area (Å²) < 4.78 is 0. The highest BCUT2D eigenvalue weighted by Crippen LogP contribution is 2.33. The molecule has 1 aliphatic heterocycles. The number of pyridine rings is 1. The zero-order valence-electron chi connectivity index (χ0n) is 12.3. The number of benzene rings is 1. The van der Waals surface area contributed by atoms with E-state index in [0.29, 0.717) is 6.04 Å². The number of hydrogen-bond donors (Lipinski definition) is 1. The summed E-state index contributed by atoms with van der Waals surface area (Å²) >= 11 is 0. The van der Waals surface area contributed by atoms with E-state index in [0.717, 1.165) is 12.8 Å². The lowest BCUT2D eigenvalue weighted by Crippen LogP contribution is -2.17. The molecule has 2 heterocycles. The fourth-order valence-electron chi connectivity index (χ4n) is 3.52. The van der Waals surface area contributed by atoms with E-state index in [1.54, 1.807) is 0 Å². The van der Waals surface area contributed by atoms with E-state index in [-0.39, 0.29) is 0 Å². The third-order valence-electron chi connectivity index (χ3n) is 4.62. The van der Waals surface area contributed by atoms with Crippen LogP contribution in [0.5, 0.6) is 0 Å². The van der Waals surface area contributed by atoms with Gasteiger partial charge in [-0.1, -0.05) is 12.1 Å². The Labute approximate surface area is 126 Å². The number of rotatable bonds is 3. The average Bonchev–Trinajstić information content (AvgIpc) is 3.18. The maximum atomic E-state index is 4.56. The SMILES string of the molecule is c1cc(NC2CCc3cccnc32)cc(N2CCCC2)c1. The van der Waals surface area contributed by atoms with Gasteiger partial charge in [-0.3, -0.25) is 4.98 Å². The van der Waals surface area contributed by atoms with Gasteiger partial charge >= 0.3 is 0 Å². The molecular formula is C18H21N3. The first-order valence-corrected chi connectivity index (χ1v) is 7.95. The first kappa shape index (κ1) is 12.7. The van der Waals surface area contributed by atoms with Gasteiger partial charge in [-0.05, 0) is 55.5 Å². The molecule has 1 saturated heterocycles. The van der Waals surface area contributed by atoms with Crippen molar-refractivity contribution >= 4 is 11.4 Å². The molecule has 2 aliphatic rings. The van der Waals surface area contributed by atoms with Gasteiger partial charge in [-0.15, -0.1) is 0 Å². The molecule has 1 unspecified atom stereocenters. The Morgan fingerprint density at radius 3 is 2.90 bits per heavy atom. The number of anilines is 2. The van der Waals surface area contributed by atoms with Crippen LogP contribution in [0, 0.1) is 0 Å². The molecule has 0 bridgehead atoms. The lowest BCUT2D eigenvalue weighted by atomic mass is 10.2. The molecule has 21 heavy (non-hydrogen) atoms. The van der Waals surface area contributed by atoms with Gasteiger partial charge in [0.2, 0.25) is 0 Å². The maximum Gasteiger partial charge on any atom is 0.0691 e. The molecule has 0 radical (unpaired) electrons. The second-order valence-electron chi connectivity index (χ2n) is 6.03. The van der Waals surface area contributed by atoms with Crippen LogP contribution >= 0.6 is 0 Å². The summed E-state index contributed by atoms with van der Waals surface area (Å²) in [4.78, 5) is 7.04. The van der Waals surface area contributed by atoms with Crippen LogP contribution in [-0.4, -0.2) is 18.1 Å². The summed E-state index contributed by atoms with van der Waals surface area (Å²) in [5, 5.41) is 3.67. The van der Waals surface area contributed by atoms with Gasteiger partial charge in [0, 0.05) is 30.7 Å². The van der Waals surface area contributed by atoms with Crippen LogP contribution < -0.4 is 10.2 Å². The van der Waals surface area contributed by atoms with Crippen molar-refractivity contribution in [3.63, 3.8) is 0 Å². The summed E-state index contributed by atoms with van der Waals surface area (Å²) in [5.74, 6) is 0. The lowest BCUT2D eigenvalue weighted by molar-refractivity contribution is 0.746. The molecule has 3 nitrogen and oxygen atoms in total. The highest BCUT2D eigenvalue weighted by Gasteiger charge is 2.23. The van der Waals surface area contributed by atoms with Gasteiger partial charge < -0.3 is 10.2 Å². The van der Waals surface area contributed by atoms with E-state index < -0.39 is 0 Å². The molecule has 1 aromatic carbocycles. The monoisotopic (exact) mass is 279 g/mol. The Hall–Kier alpha value is -2.03. The number of fused-ring (bicyclic) bond motifs is 1. The largest absolute Gasteiger partial charge is 0.377 e. The highest BCUT2D eigenvalue weighted by molar-refractivity contribution is 5.59. The van der Waals surface area contributed by atoms with Crippen LogP contribution in [0.4, 0.5) is 11.4 Å². The number of aryl methyl sites for hydroxylation is 1. The quantitative estimate of drug-likeness (QED) is 0.926. The zero-order valence-corrected chi connectivity index (χ0v) is 12.3. The minimum Gasteiger partial charge on any atom is -0.377 e. The van der Waals surface area contributed by atoms with Gasteiger partial charge in [-0.25, -0.2) is 0 Å². The van der Waals surface area contributed by atoms with Gasteiger partial charge in [0.05, 0.1) is 11.7 Å². The summed E-state index contributed by atoms with van der Waals surface area (Å²) in [7, 11) is 0. The summed E-state index contributed by atoms with van der Waals surface area (Å²) in [6.07, 6.45) is 6.81. The van der Waals surface area contributed by atoms with E-state index in [1.807, 2.05) is 12.3 Å². The molecule has 0 amide bonds. The standard InChI is InChI=1S/C18H21N3/c1-2-12-21(11-1)16-7-3-6-15(13-16)20-17-9-8-14-5-4-10-19-18(14)17/h3-7,10,13,17,20H,1-2,8-9,11-12H2. The second-order valence-corrected chi connectivity index (χ2v) is 6.03. The van der Waals surface area contributed by atoms with Crippen LogP contribution in [0.15, 0.2) is 42.6 Å². The van der Waals surface area contributed by atoms with Crippen LogP contribution in [0.25, 0.3) is 0 Å². The van der Waals surface area contributed by atoms with Gasteiger partial charge in [0.1, 0.15) is 0 Å². The van der Waals surface area contributed by atoms with Crippen LogP contribution in [-0.2, 0) is 6.42 Å². The Morgan fingerprint density at radius 1 is 1.10 bits per heavy atom. The molecule has 108 valence electrons. The van der Waals surface area contributed by atoms with E-state index >= 15 is 0 Å². The third kappa shape index (κ3) is 2.48. The zero-order chi connectivity index (χ0) is 14.1. The summed E-state index contributed by atoms with van der Waals surface area (Å²) in [6.45, 7) is 2.38. The predicted octanol–water partition coefficient (Wildman–Crippen LogP) is 3.78. The fourth-order valence-corrected chi connectivity index (χ4v) is 3.52. The Bertz CT molecular complexity index is 632. The van der Waals surface area contributed by atoms with E-state index in [1.165, 1.54) is 48.6 Å². The van der Waals surface area contributed by atoms with Crippen molar-refractivity contribution in [1.29, 1.82) is 0 Å². The molecule has 1 fully saturated rings. The van der Waals surface area contributed by atoms with Gasteiger partial charge in [0.15, 0.2) is 0 Å². The molecule has 1 N–H and O–H groups in total. The highest BCUT2D eigenvalue weighted by atomic mass is 15.1. The van der Waals surface area contributed by atoms with Crippen LogP contribution in [0.3, 0.4) is 0 Å². The minimum absolute atomic E-state index is 0.357. The van der Waals surface area contributed by atoms with Crippen LogP contribution in [0.2, 0.25) is 0 Å². The topological polar surface area (TPSA) is 28.2 Å². The smallest absolute Gasteiger partial charge is 0.0691 e. The van der Waals surface area contributed by atoms with Gasteiger partial charge in [0.25, 0.3) is 0 Å². The molecule has 1 aromatic heterocycles. The van der Waals surface area contributed by atoms with Crippen molar-refractivity contribution in [2.24, 2.45) is 0 Å². The maximum absolute atomic E-state index is 4.56. The molecule has 4 rings (SSSR count). The number of nitrogens with zero attached hydrogens (tertiary/aromatic N) is 2. The molecule has 2 aromatic rings. The molecule has 3 heteroatoms. The Balaban J connectivity index is 1.54. The second kappa shape index (κ2) is 5.40. The van der Waals surface area contributed by atoms with E-state index in [4.69, 9.17) is 0 Å². The normalized spacial score (nSPS) is 20.6. The van der Waals surface area contributed by atoms with Crippen molar-refractivity contribution in [2.75, 3.05) is 23.3 Å².